The van der Waals surface area contributed by atoms with Crippen LogP contribution in [0.4, 0.5) is 11.4 Å². The number of pyridine rings is 2. The minimum absolute atomic E-state index is 0. The van der Waals surface area contributed by atoms with Gasteiger partial charge in [-0.3, -0.25) is 24.8 Å². The normalized spacial score (nSPS) is 11.5. The molecule has 0 bridgehead atoms. The molecule has 2 N–H and O–H groups in total. The SMILES string of the molecule is O=[N+]([O-])c1ccc(-[n+]2ccc(-c3cc[n+](C(c4ccccc4)P(=O)(O)O)cc3)cc2)c([N+](=O)[O-])c1.[Cl-].[Cl-]. The van der Waals surface area contributed by atoms with E-state index in [2.05, 4.69) is 0 Å². The lowest BCUT2D eigenvalue weighted by atomic mass is 10.1. The highest BCUT2D eigenvalue weighted by Crippen LogP contribution is 2.49. The molecule has 11 nitrogen and oxygen atoms in total. The molecule has 1 unspecified atom stereocenters. The van der Waals surface area contributed by atoms with Crippen molar-refractivity contribution < 1.29 is 58.1 Å². The molecule has 0 saturated carbocycles. The molecule has 2 aromatic heterocycles. The molecule has 37 heavy (non-hydrogen) atoms. The minimum Gasteiger partial charge on any atom is -1.00 e. The van der Waals surface area contributed by atoms with E-state index in [4.69, 9.17) is 0 Å². The molecule has 0 amide bonds. The first-order valence-electron chi connectivity index (χ1n) is 10.2. The summed E-state index contributed by atoms with van der Waals surface area (Å²) in [6.07, 6.45) is 6.34. The lowest BCUT2D eigenvalue weighted by Gasteiger charge is -2.14. The fraction of sp³-hybridized carbons (Fsp3) is 0.0435. The number of halogens is 2. The molecule has 14 heteroatoms. The fourth-order valence-corrected chi connectivity index (χ4v) is 4.79. The molecule has 2 aromatic carbocycles. The van der Waals surface area contributed by atoms with Gasteiger partial charge in [0.25, 0.3) is 17.2 Å². The Balaban J connectivity index is 0.00000241. The van der Waals surface area contributed by atoms with Crippen LogP contribution in [0.15, 0.2) is 97.6 Å². The van der Waals surface area contributed by atoms with Crippen molar-refractivity contribution in [1.82, 2.24) is 0 Å². The number of nitrogens with zero attached hydrogens (tertiary/aromatic N) is 4. The third kappa shape index (κ3) is 6.53. The van der Waals surface area contributed by atoms with Crippen LogP contribution in [0.5, 0.6) is 0 Å². The zero-order chi connectivity index (χ0) is 25.2. The predicted molar refractivity (Wildman–Crippen MR) is 124 cm³/mol. The standard InChI is InChI=1S/C23H17N4O7P.2ClH/c28-26(29)20-6-7-21(22(16-20)27(30)31)24-12-8-17(9-13-24)18-10-14-25(15-11-18)23(35(32,33)34)19-4-2-1-3-5-19;;/h1-16,23H;2*1H. The lowest BCUT2D eigenvalue weighted by molar-refractivity contribution is -0.695. The second-order valence-corrected chi connectivity index (χ2v) is 9.26. The molecule has 0 aliphatic carbocycles. The summed E-state index contributed by atoms with van der Waals surface area (Å²) in [6, 6.07) is 18.7. The summed E-state index contributed by atoms with van der Waals surface area (Å²) >= 11 is 0. The molecule has 0 radical (unpaired) electrons. The fourth-order valence-electron chi connectivity index (χ4n) is 3.73. The van der Waals surface area contributed by atoms with Crippen LogP contribution in [0.25, 0.3) is 16.8 Å². The maximum atomic E-state index is 12.2. The molecule has 1 atom stereocenters. The summed E-state index contributed by atoms with van der Waals surface area (Å²) in [5.41, 5.74) is 1.38. The summed E-state index contributed by atoms with van der Waals surface area (Å²) in [5, 5.41) is 22.4. The Bertz CT molecular complexity index is 1450. The number of nitro benzene ring substituents is 2. The van der Waals surface area contributed by atoms with E-state index in [1.165, 1.54) is 21.3 Å². The van der Waals surface area contributed by atoms with E-state index < -0.39 is 28.9 Å². The van der Waals surface area contributed by atoms with Gasteiger partial charge in [-0.1, -0.05) is 30.3 Å². The lowest BCUT2D eigenvalue weighted by Crippen LogP contribution is -3.00. The van der Waals surface area contributed by atoms with Crippen molar-refractivity contribution in [1.29, 1.82) is 0 Å². The number of nitro groups is 2. The van der Waals surface area contributed by atoms with E-state index in [9.17, 15) is 34.6 Å². The highest BCUT2D eigenvalue weighted by Gasteiger charge is 2.38. The van der Waals surface area contributed by atoms with Crippen LogP contribution in [-0.4, -0.2) is 19.6 Å². The van der Waals surface area contributed by atoms with Gasteiger partial charge in [0, 0.05) is 42.0 Å². The second-order valence-electron chi connectivity index (χ2n) is 7.59. The number of non-ortho nitro benzene ring substituents is 1. The third-order valence-electron chi connectivity index (χ3n) is 5.36. The van der Waals surface area contributed by atoms with E-state index in [-0.39, 0.29) is 36.2 Å². The van der Waals surface area contributed by atoms with Crippen LogP contribution >= 0.6 is 7.60 Å². The first-order chi connectivity index (χ1) is 16.6. The van der Waals surface area contributed by atoms with Crippen LogP contribution in [0.1, 0.15) is 11.3 Å². The van der Waals surface area contributed by atoms with Crippen molar-refractivity contribution in [3.05, 3.63) is 123 Å². The first kappa shape index (κ1) is 29.5. The Labute approximate surface area is 222 Å². The van der Waals surface area contributed by atoms with Gasteiger partial charge < -0.3 is 34.6 Å². The average molecular weight is 565 g/mol. The monoisotopic (exact) mass is 564 g/mol. The van der Waals surface area contributed by atoms with E-state index >= 15 is 0 Å². The van der Waals surface area contributed by atoms with Crippen LogP contribution in [0.3, 0.4) is 0 Å². The molecule has 0 fully saturated rings. The molecule has 4 aromatic rings. The third-order valence-corrected chi connectivity index (χ3v) is 6.56. The second kappa shape index (κ2) is 12.0. The van der Waals surface area contributed by atoms with Gasteiger partial charge in [0.2, 0.25) is 0 Å². The van der Waals surface area contributed by atoms with Crippen molar-refractivity contribution >= 4 is 19.0 Å². The maximum Gasteiger partial charge on any atom is 0.398 e. The van der Waals surface area contributed by atoms with Crippen molar-refractivity contribution in [2.75, 3.05) is 0 Å². The van der Waals surface area contributed by atoms with Gasteiger partial charge in [-0.25, -0.2) is 0 Å². The Morgan fingerprint density at radius 3 is 1.78 bits per heavy atom. The topological polar surface area (TPSA) is 152 Å². The van der Waals surface area contributed by atoms with E-state index in [1.807, 2.05) is 0 Å². The van der Waals surface area contributed by atoms with Gasteiger partial charge in [0.15, 0.2) is 24.8 Å². The van der Waals surface area contributed by atoms with Crippen molar-refractivity contribution in [2.45, 2.75) is 5.78 Å². The highest BCUT2D eigenvalue weighted by molar-refractivity contribution is 7.51. The maximum absolute atomic E-state index is 12.2. The summed E-state index contributed by atoms with van der Waals surface area (Å²) in [7, 11) is -4.51. The van der Waals surface area contributed by atoms with Gasteiger partial charge in [0.05, 0.1) is 9.85 Å². The Kier molecular flexibility index (Phi) is 9.57. The number of aromatic nitrogens is 2. The van der Waals surface area contributed by atoms with Crippen LogP contribution in [0, 0.1) is 20.2 Å². The molecule has 192 valence electrons. The number of hydrogen-bond donors (Lipinski definition) is 2. The molecule has 0 aliphatic heterocycles. The van der Waals surface area contributed by atoms with E-state index in [1.54, 1.807) is 79.4 Å². The first-order valence-corrected chi connectivity index (χ1v) is 11.9. The molecule has 2 heterocycles. The van der Waals surface area contributed by atoms with E-state index in [0.29, 0.717) is 5.56 Å². The van der Waals surface area contributed by atoms with Gasteiger partial charge >= 0.3 is 13.3 Å². The van der Waals surface area contributed by atoms with Gasteiger partial charge in [-0.2, -0.15) is 9.13 Å². The van der Waals surface area contributed by atoms with Crippen LogP contribution in [-0.2, 0) is 4.57 Å². The Morgan fingerprint density at radius 2 is 1.30 bits per heavy atom. The predicted octanol–water partition coefficient (Wildman–Crippen LogP) is -2.53. The number of hydrogen-bond acceptors (Lipinski definition) is 5. The zero-order valence-corrected chi connectivity index (χ0v) is 21.1. The summed E-state index contributed by atoms with van der Waals surface area (Å²) in [5.74, 6) is -1.17. The summed E-state index contributed by atoms with van der Waals surface area (Å²) in [4.78, 5) is 40.9. The Morgan fingerprint density at radius 1 is 0.757 bits per heavy atom. The Hall–Kier alpha value is -3.73. The molecule has 0 saturated heterocycles. The van der Waals surface area contributed by atoms with Crippen LogP contribution in [0.2, 0.25) is 0 Å². The largest absolute Gasteiger partial charge is 1.00 e. The quantitative estimate of drug-likeness (QED) is 0.109. The highest BCUT2D eigenvalue weighted by atomic mass is 35.5. The molecule has 0 spiro atoms. The summed E-state index contributed by atoms with van der Waals surface area (Å²) in [6.45, 7) is 0. The van der Waals surface area contributed by atoms with Crippen LogP contribution < -0.4 is 33.9 Å². The smallest absolute Gasteiger partial charge is 0.398 e. The molecule has 0 aliphatic rings. The van der Waals surface area contributed by atoms with E-state index in [0.717, 1.165) is 17.2 Å². The van der Waals surface area contributed by atoms with Gasteiger partial charge in [0.1, 0.15) is 6.07 Å². The average Bonchev–Trinajstić information content (AvgIpc) is 2.84. The zero-order valence-electron chi connectivity index (χ0n) is 18.7. The van der Waals surface area contributed by atoms with Crippen molar-refractivity contribution in [3.63, 3.8) is 0 Å². The number of rotatable bonds is 7. The molecule has 4 rings (SSSR count). The van der Waals surface area contributed by atoms with Crippen molar-refractivity contribution in [2.24, 2.45) is 0 Å². The van der Waals surface area contributed by atoms with Gasteiger partial charge in [-0.15, -0.1) is 0 Å². The molecular weight excluding hydrogens is 546 g/mol. The summed E-state index contributed by atoms with van der Waals surface area (Å²) < 4.78 is 15.1. The van der Waals surface area contributed by atoms with Crippen molar-refractivity contribution in [3.8, 4) is 16.8 Å². The van der Waals surface area contributed by atoms with Gasteiger partial charge in [-0.05, 0) is 11.1 Å². The number of benzene rings is 2. The minimum atomic E-state index is -4.51. The molecular formula is C23H19Cl2N4O7P.